The molecule has 3 aromatic rings. The summed E-state index contributed by atoms with van der Waals surface area (Å²) in [6, 6.07) is 6.00. The number of likely N-dealkylation sites (tertiary alicyclic amines) is 1. The van der Waals surface area contributed by atoms with Crippen LogP contribution in [-0.4, -0.2) is 173 Å². The summed E-state index contributed by atoms with van der Waals surface area (Å²) in [5.41, 5.74) is 7.15. The lowest BCUT2D eigenvalue weighted by Gasteiger charge is -2.47. The molecule has 7 heterocycles. The Hall–Kier alpha value is -5.76. The molecule has 6 bridgehead atoms. The molecule has 2 N–H and O–H groups in total. The number of benzene rings is 1. The molecular weight excluding hydrogens is 917 g/mol. The van der Waals surface area contributed by atoms with Crippen molar-refractivity contribution < 1.29 is 47.0 Å². The van der Waals surface area contributed by atoms with Gasteiger partial charge in [0.25, 0.3) is 11.8 Å². The van der Waals surface area contributed by atoms with Gasteiger partial charge in [0, 0.05) is 95.6 Å². The van der Waals surface area contributed by atoms with Gasteiger partial charge in [0.2, 0.25) is 11.8 Å². The van der Waals surface area contributed by atoms with Crippen LogP contribution in [0.2, 0.25) is 0 Å². The van der Waals surface area contributed by atoms with E-state index in [1.807, 2.05) is 56.5 Å². The zero-order valence-corrected chi connectivity index (χ0v) is 41.9. The number of urea groups is 1. The zero-order valence-electron chi connectivity index (χ0n) is 41.9. The van der Waals surface area contributed by atoms with Gasteiger partial charge in [-0.15, -0.1) is 0 Å². The van der Waals surface area contributed by atoms with Crippen molar-refractivity contribution in [2.75, 3.05) is 79.7 Å². The number of hydrogen-bond donors (Lipinski definition) is 2. The van der Waals surface area contributed by atoms with Crippen molar-refractivity contribution >= 4 is 46.2 Å². The Morgan fingerprint density at radius 2 is 1.86 bits per heavy atom. The third kappa shape index (κ3) is 10.9. The zero-order chi connectivity index (χ0) is 50.8. The number of halogens is 2. The smallest absolute Gasteiger partial charge is 0.325 e. The van der Waals surface area contributed by atoms with E-state index in [1.165, 1.54) is 16.0 Å². The normalized spacial score (nSPS) is 23.6. The molecule has 2 aromatic heterocycles. The average Bonchev–Trinajstić information content (AvgIpc) is 3.67. The van der Waals surface area contributed by atoms with Crippen LogP contribution in [0.5, 0.6) is 0 Å². The maximum atomic E-state index is 16.5. The van der Waals surface area contributed by atoms with E-state index in [-0.39, 0.29) is 37.4 Å². The van der Waals surface area contributed by atoms with Gasteiger partial charge in [-0.1, -0.05) is 32.6 Å². The fourth-order valence-electron chi connectivity index (χ4n) is 11.1. The molecule has 384 valence electrons. The van der Waals surface area contributed by atoms with E-state index >= 15 is 8.78 Å². The highest BCUT2D eigenvalue weighted by Gasteiger charge is 2.44. The van der Waals surface area contributed by atoms with E-state index in [1.54, 1.807) is 36.2 Å². The molecule has 5 atom stereocenters. The minimum atomic E-state index is -3.50. The molecule has 0 saturated carbocycles. The van der Waals surface area contributed by atoms with E-state index < -0.39 is 66.6 Å². The summed E-state index contributed by atoms with van der Waals surface area (Å²) >= 11 is 0. The Morgan fingerprint density at radius 3 is 2.58 bits per heavy atom. The van der Waals surface area contributed by atoms with Gasteiger partial charge in [0.05, 0.1) is 36.2 Å². The molecule has 1 unspecified atom stereocenters. The van der Waals surface area contributed by atoms with Gasteiger partial charge >= 0.3 is 12.0 Å². The average molecular weight is 986 g/mol. The highest BCUT2D eigenvalue weighted by Crippen LogP contribution is 2.41. The largest absolute Gasteiger partial charge is 0.458 e. The first-order chi connectivity index (χ1) is 34.0. The molecule has 1 spiro atoms. The van der Waals surface area contributed by atoms with E-state index in [0.29, 0.717) is 106 Å². The molecule has 0 radical (unpaired) electrons. The first-order valence-electron chi connectivity index (χ1n) is 25.0. The number of methoxy groups -OCH3 is 1. The van der Waals surface area contributed by atoms with Crippen LogP contribution in [0.15, 0.2) is 55.3 Å². The maximum absolute atomic E-state index is 16.5. The lowest BCUT2D eigenvalue weighted by atomic mass is 9.89. The number of esters is 1. The Labute approximate surface area is 414 Å². The molecule has 19 heteroatoms. The van der Waals surface area contributed by atoms with Crippen LogP contribution >= 0.6 is 0 Å². The topological polar surface area (TPSA) is 171 Å². The number of aromatic nitrogens is 2. The second-order valence-corrected chi connectivity index (χ2v) is 20.0. The molecule has 0 aliphatic carbocycles. The standard InChI is InChI=1S/C52H69F2N9O8/c1-8-43(64)61-25-26-71-51(31-61)18-23-60(24-19-51)50(68)58(6)45(33(3)4)47(65)56-41-30-59-21-11-13-36(29-59)35-16-17-42-38(27-35)39(46(62(42)9-2)37-14-10-20-55-44(37)34(5)69-7)28-52(53,54)32-70-49(67)40-15-12-22-63(57-40)48(41)66/h8,10,13-14,16-17,20,27,33-34,40-41,45,57H,1,9,11-12,15,18-19,21-26,28-32H2,2-7H3,(H,56,65)/t34-,40-,41-,45-/m0/s1. The second-order valence-electron chi connectivity index (χ2n) is 20.0. The third-order valence-corrected chi connectivity index (χ3v) is 14.9. The highest BCUT2D eigenvalue weighted by atomic mass is 19.3. The van der Waals surface area contributed by atoms with Crippen molar-refractivity contribution in [1.82, 2.24) is 44.9 Å². The summed E-state index contributed by atoms with van der Waals surface area (Å²) < 4.78 is 52.4. The van der Waals surface area contributed by atoms with Crippen LogP contribution in [-0.2, 0) is 46.4 Å². The summed E-state index contributed by atoms with van der Waals surface area (Å²) in [5.74, 6) is -5.96. The number of likely N-dealkylation sites (N-methyl/N-ethyl adjacent to an activating group) is 1. The first kappa shape index (κ1) is 51.6. The molecule has 3 fully saturated rings. The van der Waals surface area contributed by atoms with Gasteiger partial charge in [0.15, 0.2) is 6.61 Å². The number of fused-ring (bicyclic) bond motifs is 6. The number of nitrogens with one attached hydrogen (secondary N) is 2. The lowest BCUT2D eigenvalue weighted by Crippen LogP contribution is -2.64. The van der Waals surface area contributed by atoms with Crippen molar-refractivity contribution in [1.29, 1.82) is 0 Å². The molecule has 1 aromatic carbocycles. The van der Waals surface area contributed by atoms with Crippen molar-refractivity contribution in [3.8, 4) is 11.3 Å². The first-order valence-corrected chi connectivity index (χ1v) is 25.0. The lowest BCUT2D eigenvalue weighted by molar-refractivity contribution is -0.162. The van der Waals surface area contributed by atoms with Gasteiger partial charge in [-0.25, -0.2) is 19.0 Å². The predicted molar refractivity (Wildman–Crippen MR) is 263 cm³/mol. The Bertz CT molecular complexity index is 2540. The quantitative estimate of drug-likeness (QED) is 0.214. The van der Waals surface area contributed by atoms with Crippen LogP contribution in [0.25, 0.3) is 27.7 Å². The fourth-order valence-corrected chi connectivity index (χ4v) is 11.1. The van der Waals surface area contributed by atoms with Crippen LogP contribution < -0.4 is 10.7 Å². The number of rotatable bonds is 9. The van der Waals surface area contributed by atoms with Crippen molar-refractivity contribution in [2.24, 2.45) is 5.92 Å². The Balaban J connectivity index is 1.09. The maximum Gasteiger partial charge on any atom is 0.325 e. The van der Waals surface area contributed by atoms with Crippen LogP contribution in [0.4, 0.5) is 13.6 Å². The minimum Gasteiger partial charge on any atom is -0.458 e. The number of cyclic esters (lactones) is 1. The predicted octanol–water partition coefficient (Wildman–Crippen LogP) is 5.19. The van der Waals surface area contributed by atoms with E-state index in [2.05, 4.69) is 33.3 Å². The number of carbonyl (C=O) groups is 5. The number of pyridine rings is 1. The van der Waals surface area contributed by atoms with Crippen molar-refractivity contribution in [3.05, 3.63) is 72.1 Å². The van der Waals surface area contributed by atoms with Gasteiger partial charge in [-0.3, -0.25) is 34.1 Å². The second kappa shape index (κ2) is 21.5. The van der Waals surface area contributed by atoms with Crippen LogP contribution in [0, 0.1) is 5.92 Å². The molecule has 5 aliphatic rings. The number of ether oxygens (including phenoxy) is 3. The Kier molecular flexibility index (Phi) is 15.6. The number of piperidine rings is 1. The van der Waals surface area contributed by atoms with Gasteiger partial charge in [-0.05, 0) is 98.9 Å². The number of hydrogen-bond acceptors (Lipinski definition) is 11. The highest BCUT2D eigenvalue weighted by molar-refractivity contribution is 5.95. The minimum absolute atomic E-state index is 0.106. The molecule has 17 nitrogen and oxygen atoms in total. The van der Waals surface area contributed by atoms with Crippen molar-refractivity contribution in [2.45, 2.75) is 109 Å². The molecule has 3 saturated heterocycles. The summed E-state index contributed by atoms with van der Waals surface area (Å²) in [6.45, 7) is 13.7. The van der Waals surface area contributed by atoms with E-state index in [0.717, 1.165) is 16.7 Å². The monoisotopic (exact) mass is 986 g/mol. The fraction of sp³-hybridized carbons (Fsp3) is 0.577. The molecular formula is C52H69F2N9O8. The SMILES string of the molecule is C=CC(=O)N1CCOC2(CCN(C(=O)N(C)[C@H](C(=O)N[C@H]3CN4CCC=C(C4)c4ccc5c(c4)c(c(-c4cccnc4[C@H](C)OC)n5CC)CC(F)(F)COC(=O)[C@@H]4CCCN(N4)C3=O)C(C)C)CC2)C1. The third-order valence-electron chi connectivity index (χ3n) is 14.9. The summed E-state index contributed by atoms with van der Waals surface area (Å²) in [7, 11) is 3.17. The van der Waals surface area contributed by atoms with Crippen molar-refractivity contribution in [3.63, 3.8) is 0 Å². The number of carbonyl (C=O) groups excluding carboxylic acids is 5. The summed E-state index contributed by atoms with van der Waals surface area (Å²) in [5, 5.41) is 4.95. The summed E-state index contributed by atoms with van der Waals surface area (Å²) in [6.07, 6.45) is 6.17. The molecule has 5 aliphatic heterocycles. The number of nitrogens with zero attached hydrogens (tertiary/aromatic N) is 7. The molecule has 8 rings (SSSR count). The molecule has 5 amide bonds. The molecule has 71 heavy (non-hydrogen) atoms. The number of hydrazine groups is 1. The summed E-state index contributed by atoms with van der Waals surface area (Å²) in [4.78, 5) is 81.3. The van der Waals surface area contributed by atoms with E-state index in [4.69, 9.17) is 14.2 Å². The van der Waals surface area contributed by atoms with E-state index in [9.17, 15) is 24.0 Å². The number of morpholine rings is 1. The van der Waals surface area contributed by atoms with Gasteiger partial charge in [-0.2, -0.15) is 0 Å². The number of amides is 5. The van der Waals surface area contributed by atoms with Crippen LogP contribution in [0.3, 0.4) is 0 Å². The van der Waals surface area contributed by atoms with Gasteiger partial charge in [0.1, 0.15) is 18.1 Å². The Morgan fingerprint density at radius 1 is 1.08 bits per heavy atom. The number of alkyl halides is 2. The van der Waals surface area contributed by atoms with Crippen LogP contribution in [0.1, 0.15) is 82.7 Å². The van der Waals surface area contributed by atoms with Gasteiger partial charge < -0.3 is 38.8 Å². The number of aryl methyl sites for hydroxylation is 1.